The molecule has 0 aromatic heterocycles. The zero-order chi connectivity index (χ0) is 10.5. The monoisotopic (exact) mass is 222 g/mol. The highest BCUT2D eigenvalue weighted by molar-refractivity contribution is 6.31. The topological polar surface area (TPSA) is 20.2 Å². The molecule has 2 aliphatic carbocycles. The number of halogens is 1. The number of hydrogen-bond acceptors (Lipinski definition) is 1. The molecule has 0 saturated heterocycles. The predicted molar refractivity (Wildman–Crippen MR) is 61.1 cm³/mol. The van der Waals surface area contributed by atoms with Crippen LogP contribution in [-0.4, -0.2) is 10.7 Å². The van der Waals surface area contributed by atoms with Crippen molar-refractivity contribution in [2.75, 3.05) is 0 Å². The third kappa shape index (κ3) is 1.33. The van der Waals surface area contributed by atoms with E-state index in [0.717, 1.165) is 29.8 Å². The zero-order valence-corrected chi connectivity index (χ0v) is 9.37. The minimum Gasteiger partial charge on any atom is -0.389 e. The van der Waals surface area contributed by atoms with Gasteiger partial charge in [0.25, 0.3) is 0 Å². The van der Waals surface area contributed by atoms with Gasteiger partial charge in [-0.05, 0) is 30.4 Å². The van der Waals surface area contributed by atoms with E-state index in [0.29, 0.717) is 11.8 Å². The van der Waals surface area contributed by atoms with Gasteiger partial charge in [-0.25, -0.2) is 0 Å². The molecule has 0 unspecified atom stereocenters. The molecular formula is C13H15ClO. The molecule has 1 nitrogen and oxygen atoms in total. The Labute approximate surface area is 95.1 Å². The van der Waals surface area contributed by atoms with Gasteiger partial charge in [-0.3, -0.25) is 0 Å². The molecule has 1 aromatic carbocycles. The predicted octanol–water partition coefficient (Wildman–Crippen LogP) is 3.36. The normalized spacial score (nSPS) is 38.5. The van der Waals surface area contributed by atoms with Gasteiger partial charge < -0.3 is 5.11 Å². The molecule has 0 bridgehead atoms. The van der Waals surface area contributed by atoms with Gasteiger partial charge in [0, 0.05) is 10.9 Å². The van der Waals surface area contributed by atoms with Crippen LogP contribution in [0.5, 0.6) is 0 Å². The molecule has 15 heavy (non-hydrogen) atoms. The molecule has 0 amide bonds. The summed E-state index contributed by atoms with van der Waals surface area (Å²) in [5.41, 5.74) is 0.719. The van der Waals surface area contributed by atoms with E-state index >= 15 is 0 Å². The maximum atomic E-state index is 10.4. The summed E-state index contributed by atoms with van der Waals surface area (Å²) < 4.78 is 0. The molecule has 0 radical (unpaired) electrons. The van der Waals surface area contributed by atoms with Gasteiger partial charge in [0.15, 0.2) is 0 Å². The van der Waals surface area contributed by atoms with Crippen molar-refractivity contribution in [1.82, 2.24) is 0 Å². The van der Waals surface area contributed by atoms with Crippen molar-refractivity contribution < 1.29 is 5.11 Å². The minimum absolute atomic E-state index is 0.300. The van der Waals surface area contributed by atoms with Crippen LogP contribution in [0.25, 0.3) is 0 Å². The van der Waals surface area contributed by atoms with Gasteiger partial charge in [-0.1, -0.05) is 42.6 Å². The van der Waals surface area contributed by atoms with E-state index in [1.54, 1.807) is 0 Å². The Morgan fingerprint density at radius 2 is 2.07 bits per heavy atom. The van der Waals surface area contributed by atoms with Crippen molar-refractivity contribution in [2.24, 2.45) is 5.92 Å². The molecule has 2 aliphatic rings. The van der Waals surface area contributed by atoms with Crippen LogP contribution < -0.4 is 0 Å². The van der Waals surface area contributed by atoms with Crippen LogP contribution in [0.15, 0.2) is 24.3 Å². The van der Waals surface area contributed by atoms with Crippen LogP contribution in [0, 0.1) is 5.92 Å². The van der Waals surface area contributed by atoms with Crippen molar-refractivity contribution in [1.29, 1.82) is 0 Å². The number of rotatable bonds is 1. The summed E-state index contributed by atoms with van der Waals surface area (Å²) in [7, 11) is 0. The summed E-state index contributed by atoms with van der Waals surface area (Å²) in [5.74, 6) is 0.764. The highest BCUT2D eigenvalue weighted by Crippen LogP contribution is 2.65. The number of benzene rings is 1. The molecule has 2 saturated carbocycles. The van der Waals surface area contributed by atoms with E-state index in [4.69, 9.17) is 11.6 Å². The van der Waals surface area contributed by atoms with Crippen LogP contribution in [0.1, 0.15) is 37.2 Å². The minimum atomic E-state index is -0.427. The fourth-order valence-corrected chi connectivity index (χ4v) is 3.50. The number of aliphatic hydroxyl groups is 1. The average Bonchev–Trinajstić information content (AvgIpc) is 2.85. The van der Waals surface area contributed by atoms with Gasteiger partial charge in [-0.2, -0.15) is 0 Å². The van der Waals surface area contributed by atoms with E-state index in [1.807, 2.05) is 18.2 Å². The highest BCUT2D eigenvalue weighted by atomic mass is 35.5. The Balaban J connectivity index is 1.94. The Morgan fingerprint density at radius 3 is 2.73 bits per heavy atom. The maximum Gasteiger partial charge on any atom is 0.0755 e. The summed E-state index contributed by atoms with van der Waals surface area (Å²) in [6.45, 7) is 0. The quantitative estimate of drug-likeness (QED) is 0.773. The van der Waals surface area contributed by atoms with Crippen molar-refractivity contribution in [3.63, 3.8) is 0 Å². The van der Waals surface area contributed by atoms with Crippen molar-refractivity contribution >= 4 is 11.6 Å². The molecular weight excluding hydrogens is 208 g/mol. The Morgan fingerprint density at radius 1 is 1.27 bits per heavy atom. The fourth-order valence-electron chi connectivity index (χ4n) is 3.25. The molecule has 0 spiro atoms. The first kappa shape index (κ1) is 9.68. The van der Waals surface area contributed by atoms with E-state index in [-0.39, 0.29) is 0 Å². The van der Waals surface area contributed by atoms with Crippen LogP contribution in [0.3, 0.4) is 0 Å². The lowest BCUT2D eigenvalue weighted by Crippen LogP contribution is -2.15. The highest BCUT2D eigenvalue weighted by Gasteiger charge is 2.64. The first-order valence-electron chi connectivity index (χ1n) is 5.70. The summed E-state index contributed by atoms with van der Waals surface area (Å²) in [4.78, 5) is 0. The molecule has 1 N–H and O–H groups in total. The second-order valence-corrected chi connectivity index (χ2v) is 5.25. The molecule has 0 heterocycles. The first-order chi connectivity index (χ1) is 7.23. The fraction of sp³-hybridized carbons (Fsp3) is 0.538. The third-order valence-electron chi connectivity index (χ3n) is 4.06. The van der Waals surface area contributed by atoms with Crippen LogP contribution >= 0.6 is 11.6 Å². The lowest BCUT2D eigenvalue weighted by atomic mass is 9.98. The van der Waals surface area contributed by atoms with Crippen LogP contribution in [-0.2, 0) is 0 Å². The Hall–Kier alpha value is -0.530. The van der Waals surface area contributed by atoms with E-state index < -0.39 is 5.60 Å². The van der Waals surface area contributed by atoms with E-state index in [2.05, 4.69) is 6.07 Å². The van der Waals surface area contributed by atoms with Crippen LogP contribution in [0.2, 0.25) is 5.02 Å². The van der Waals surface area contributed by atoms with Gasteiger partial charge >= 0.3 is 0 Å². The van der Waals surface area contributed by atoms with Crippen molar-refractivity contribution in [2.45, 2.75) is 37.2 Å². The van der Waals surface area contributed by atoms with E-state index in [1.165, 1.54) is 6.42 Å². The molecule has 3 atom stereocenters. The average molecular weight is 223 g/mol. The maximum absolute atomic E-state index is 10.4. The first-order valence-corrected chi connectivity index (χ1v) is 6.08. The third-order valence-corrected chi connectivity index (χ3v) is 4.40. The van der Waals surface area contributed by atoms with Gasteiger partial charge in [0.2, 0.25) is 0 Å². The summed E-state index contributed by atoms with van der Waals surface area (Å²) >= 11 is 6.18. The molecule has 2 fully saturated rings. The molecule has 3 rings (SSSR count). The number of fused-ring (bicyclic) bond motifs is 1. The van der Waals surface area contributed by atoms with E-state index in [9.17, 15) is 5.11 Å². The number of hydrogen-bond donors (Lipinski definition) is 1. The summed E-state index contributed by atoms with van der Waals surface area (Å²) in [6.07, 6.45) is 4.53. The second kappa shape index (κ2) is 3.23. The standard InChI is InChI=1S/C13H15ClO/c14-11-7-2-1-5-9(11)12-10-6-3-4-8-13(10,12)15/h1-2,5,7,10,12,15H,3-4,6,8H2/t10-,12-,13-/m1/s1. The van der Waals surface area contributed by atoms with Crippen molar-refractivity contribution in [3.8, 4) is 0 Å². The van der Waals surface area contributed by atoms with Crippen molar-refractivity contribution in [3.05, 3.63) is 34.9 Å². The zero-order valence-electron chi connectivity index (χ0n) is 8.62. The molecule has 2 heteroatoms. The smallest absolute Gasteiger partial charge is 0.0755 e. The van der Waals surface area contributed by atoms with Crippen LogP contribution in [0.4, 0.5) is 0 Å². The summed E-state index contributed by atoms with van der Waals surface area (Å²) in [6, 6.07) is 7.94. The lowest BCUT2D eigenvalue weighted by Gasteiger charge is -2.15. The Bertz CT molecular complexity index is 390. The molecule has 80 valence electrons. The second-order valence-electron chi connectivity index (χ2n) is 4.84. The lowest BCUT2D eigenvalue weighted by molar-refractivity contribution is 0.0976. The van der Waals surface area contributed by atoms with Gasteiger partial charge in [0.1, 0.15) is 0 Å². The Kier molecular flexibility index (Phi) is 2.08. The molecule has 0 aliphatic heterocycles. The molecule has 1 aromatic rings. The van der Waals surface area contributed by atoms with Gasteiger partial charge in [-0.15, -0.1) is 0 Å². The largest absolute Gasteiger partial charge is 0.389 e. The summed E-state index contributed by atoms with van der Waals surface area (Å²) in [5, 5.41) is 11.2. The van der Waals surface area contributed by atoms with Gasteiger partial charge in [0.05, 0.1) is 5.60 Å². The SMILES string of the molecule is O[C@]12CCCC[C@@H]1[C@H]2c1ccccc1Cl.